The van der Waals surface area contributed by atoms with Crippen molar-refractivity contribution in [1.29, 1.82) is 0 Å². The highest BCUT2D eigenvalue weighted by Gasteiger charge is 2.37. The second-order valence-electron chi connectivity index (χ2n) is 12.5. The van der Waals surface area contributed by atoms with E-state index in [4.69, 9.17) is 4.74 Å². The Kier molecular flexibility index (Phi) is 9.69. The van der Waals surface area contributed by atoms with Gasteiger partial charge in [0.25, 0.3) is 5.56 Å². The van der Waals surface area contributed by atoms with E-state index in [2.05, 4.69) is 5.32 Å². The minimum Gasteiger partial charge on any atom is -0.481 e. The number of carboxylic acid groups (broad SMARTS) is 1. The predicted molar refractivity (Wildman–Crippen MR) is 172 cm³/mol. The number of hydrogen-bond acceptors (Lipinski definition) is 5. The molecule has 13 heteroatoms. The molecule has 1 aliphatic rings. The van der Waals surface area contributed by atoms with Gasteiger partial charge in [0, 0.05) is 35.5 Å². The summed E-state index contributed by atoms with van der Waals surface area (Å²) < 4.78 is 80.9. The Bertz CT molecular complexity index is 2020. The van der Waals surface area contributed by atoms with E-state index in [0.29, 0.717) is 21.8 Å². The summed E-state index contributed by atoms with van der Waals surface area (Å²) in [4.78, 5) is 41.4. The maximum atomic E-state index is 15.9. The van der Waals surface area contributed by atoms with Gasteiger partial charge in [-0.15, -0.1) is 0 Å². The van der Waals surface area contributed by atoms with E-state index in [0.717, 1.165) is 29.5 Å². The first-order chi connectivity index (χ1) is 22.9. The number of rotatable bonds is 6. The highest BCUT2D eigenvalue weighted by molar-refractivity contribution is 5.85. The molecule has 3 aromatic carbocycles. The van der Waals surface area contributed by atoms with Crippen molar-refractivity contribution in [3.8, 4) is 22.6 Å². The molecule has 0 fully saturated rings. The van der Waals surface area contributed by atoms with Crippen molar-refractivity contribution in [2.24, 2.45) is 0 Å². The summed E-state index contributed by atoms with van der Waals surface area (Å²) in [6.45, 7) is 5.24. The first kappa shape index (κ1) is 35.3. The Morgan fingerprint density at radius 2 is 1.69 bits per heavy atom. The van der Waals surface area contributed by atoms with Crippen molar-refractivity contribution < 1.29 is 41.4 Å². The Morgan fingerprint density at radius 3 is 2.35 bits per heavy atom. The standard InChI is InChI=1S/C36H34F5N3O5/c1-18-10-19(2)32-22-12-20(3)33(38)25(13-22)28(16-31(46)47)42-35(48)34(24-14-23(6-7-27(24)37)49-29(32)11-18)44-17-21(8-9-43(4)5)26(15-30(44)45)36(39,40)41/h6-7,10-15,17,28,34H,8-9,16H2,1-5H3,(H,42,48)(H,46,47)/t28-,34-/m0/s1. The van der Waals surface area contributed by atoms with Gasteiger partial charge in [-0.05, 0) is 106 Å². The smallest absolute Gasteiger partial charge is 0.416 e. The number of likely N-dealkylation sites (N-methyl/N-ethyl adjacent to an activating group) is 1. The number of halogens is 5. The molecule has 4 bridgehead atoms. The van der Waals surface area contributed by atoms with E-state index in [1.165, 1.54) is 19.1 Å². The fourth-order valence-electron chi connectivity index (χ4n) is 6.18. The number of aliphatic carboxylic acids is 1. The molecule has 2 atom stereocenters. The molecule has 1 aliphatic heterocycles. The third kappa shape index (κ3) is 7.36. The first-order valence-electron chi connectivity index (χ1n) is 15.3. The summed E-state index contributed by atoms with van der Waals surface area (Å²) in [6, 6.07) is 6.83. The van der Waals surface area contributed by atoms with Gasteiger partial charge in [-0.25, -0.2) is 8.78 Å². The fourth-order valence-corrected chi connectivity index (χ4v) is 6.18. The van der Waals surface area contributed by atoms with E-state index < -0.39 is 64.9 Å². The van der Waals surface area contributed by atoms with Crippen molar-refractivity contribution in [3.63, 3.8) is 0 Å². The topological polar surface area (TPSA) is 101 Å². The molecule has 1 amide bonds. The van der Waals surface area contributed by atoms with Gasteiger partial charge >= 0.3 is 12.1 Å². The van der Waals surface area contributed by atoms with Crippen molar-refractivity contribution in [1.82, 2.24) is 14.8 Å². The number of hydrogen-bond donors (Lipinski definition) is 2. The van der Waals surface area contributed by atoms with Crippen LogP contribution in [-0.2, 0) is 22.2 Å². The molecule has 8 nitrogen and oxygen atoms in total. The number of aromatic nitrogens is 1. The lowest BCUT2D eigenvalue weighted by molar-refractivity contribution is -0.139. The van der Waals surface area contributed by atoms with Crippen LogP contribution in [0.2, 0.25) is 0 Å². The number of pyridine rings is 1. The number of amides is 1. The average Bonchev–Trinajstić information content (AvgIpc) is 2.98. The molecule has 258 valence electrons. The first-order valence-corrected chi connectivity index (χ1v) is 15.3. The molecule has 0 aliphatic carbocycles. The fraction of sp³-hybridized carbons (Fsp3) is 0.306. The lowest BCUT2D eigenvalue weighted by Gasteiger charge is -2.26. The zero-order chi connectivity index (χ0) is 35.9. The van der Waals surface area contributed by atoms with Crippen LogP contribution in [0.1, 0.15) is 57.4 Å². The number of alkyl halides is 3. The summed E-state index contributed by atoms with van der Waals surface area (Å²) in [7, 11) is 3.29. The van der Waals surface area contributed by atoms with Crippen LogP contribution in [0.3, 0.4) is 0 Å². The number of nitrogens with one attached hydrogen (secondary N) is 1. The van der Waals surface area contributed by atoms with Gasteiger partial charge in [0.2, 0.25) is 5.91 Å². The number of nitrogens with zero attached hydrogens (tertiary/aromatic N) is 2. The van der Waals surface area contributed by atoms with E-state index in [9.17, 15) is 32.7 Å². The number of ether oxygens (including phenoxy) is 1. The summed E-state index contributed by atoms with van der Waals surface area (Å²) in [5.41, 5.74) is -0.831. The maximum absolute atomic E-state index is 15.9. The molecule has 2 heterocycles. The van der Waals surface area contributed by atoms with Crippen molar-refractivity contribution in [2.45, 2.75) is 51.9 Å². The normalized spacial score (nSPS) is 16.2. The van der Waals surface area contributed by atoms with Crippen LogP contribution in [0, 0.1) is 32.4 Å². The largest absolute Gasteiger partial charge is 0.481 e. The molecule has 4 aromatic rings. The van der Waals surface area contributed by atoms with Gasteiger partial charge in [-0.1, -0.05) is 6.07 Å². The minimum atomic E-state index is -4.91. The van der Waals surface area contributed by atoms with Gasteiger partial charge in [0.05, 0.1) is 18.0 Å². The summed E-state index contributed by atoms with van der Waals surface area (Å²) in [6.07, 6.45) is -5.05. The summed E-state index contributed by atoms with van der Waals surface area (Å²) in [5, 5.41) is 12.3. The van der Waals surface area contributed by atoms with E-state index in [-0.39, 0.29) is 41.2 Å². The molecular formula is C36H34F5N3O5. The third-order valence-corrected chi connectivity index (χ3v) is 8.40. The monoisotopic (exact) mass is 683 g/mol. The average molecular weight is 684 g/mol. The molecule has 49 heavy (non-hydrogen) atoms. The number of carbonyl (C=O) groups is 2. The predicted octanol–water partition coefficient (Wildman–Crippen LogP) is 6.87. The molecule has 0 saturated heterocycles. The number of carboxylic acids is 1. The van der Waals surface area contributed by atoms with Crippen LogP contribution in [0.5, 0.6) is 11.5 Å². The SMILES string of the molecule is Cc1cc(C)c2c(c1)Oc1ccc(F)c(c1)[C@H](n1cc(CCN(C)C)c(C(F)(F)F)cc1=O)C(=O)N[C@@H](CC(=O)O)c1cc-2cc(C)c1F. The van der Waals surface area contributed by atoms with Crippen molar-refractivity contribution >= 4 is 11.9 Å². The van der Waals surface area contributed by atoms with Crippen LogP contribution in [-0.4, -0.2) is 47.1 Å². The Balaban J connectivity index is 1.83. The van der Waals surface area contributed by atoms with Gasteiger partial charge in [0.1, 0.15) is 29.2 Å². The lowest BCUT2D eigenvalue weighted by atomic mass is 9.91. The quantitative estimate of drug-likeness (QED) is 0.215. The lowest BCUT2D eigenvalue weighted by Crippen LogP contribution is -2.41. The molecular weight excluding hydrogens is 649 g/mol. The van der Waals surface area contributed by atoms with Crippen molar-refractivity contribution in [3.05, 3.63) is 116 Å². The second-order valence-corrected chi connectivity index (χ2v) is 12.5. The van der Waals surface area contributed by atoms with E-state index in [1.807, 2.05) is 13.0 Å². The van der Waals surface area contributed by atoms with Gasteiger partial charge < -0.3 is 20.1 Å². The highest BCUT2D eigenvalue weighted by atomic mass is 19.4. The van der Waals surface area contributed by atoms with E-state index >= 15 is 8.78 Å². The molecule has 0 unspecified atom stereocenters. The summed E-state index contributed by atoms with van der Waals surface area (Å²) >= 11 is 0. The number of carbonyl (C=O) groups excluding carboxylic acids is 1. The Morgan fingerprint density at radius 1 is 0.980 bits per heavy atom. The van der Waals surface area contributed by atoms with Crippen LogP contribution in [0.15, 0.2) is 59.5 Å². The molecule has 0 radical (unpaired) electrons. The molecule has 5 rings (SSSR count). The molecule has 0 spiro atoms. The van der Waals surface area contributed by atoms with Gasteiger partial charge in [-0.3, -0.25) is 19.0 Å². The van der Waals surface area contributed by atoms with Gasteiger partial charge in [0.15, 0.2) is 0 Å². The minimum absolute atomic E-state index is 0.0358. The molecule has 1 aromatic heterocycles. The van der Waals surface area contributed by atoms with Gasteiger partial charge in [-0.2, -0.15) is 13.2 Å². The summed E-state index contributed by atoms with van der Waals surface area (Å²) in [5.74, 6) is -4.05. The highest BCUT2D eigenvalue weighted by Crippen LogP contribution is 2.41. The molecule has 2 N–H and O–H groups in total. The maximum Gasteiger partial charge on any atom is 0.416 e. The van der Waals surface area contributed by atoms with Crippen LogP contribution >= 0.6 is 0 Å². The van der Waals surface area contributed by atoms with Crippen LogP contribution < -0.4 is 15.6 Å². The number of benzene rings is 3. The zero-order valence-electron chi connectivity index (χ0n) is 27.3. The second kappa shape index (κ2) is 13.5. The number of fused-ring (bicyclic) bond motifs is 6. The number of aryl methyl sites for hydroxylation is 3. The zero-order valence-corrected chi connectivity index (χ0v) is 27.3. The Labute approximate surface area is 278 Å². The third-order valence-electron chi connectivity index (χ3n) is 8.40. The van der Waals surface area contributed by atoms with Crippen LogP contribution in [0.4, 0.5) is 22.0 Å². The Hall–Kier alpha value is -5.04. The molecule has 0 saturated carbocycles. The van der Waals surface area contributed by atoms with Crippen molar-refractivity contribution in [2.75, 3.05) is 20.6 Å². The van der Waals surface area contributed by atoms with E-state index in [1.54, 1.807) is 38.1 Å². The van der Waals surface area contributed by atoms with Crippen LogP contribution in [0.25, 0.3) is 11.1 Å².